The summed E-state index contributed by atoms with van der Waals surface area (Å²) in [6.45, 7) is 5.87. The second-order valence-electron chi connectivity index (χ2n) is 7.10. The second-order valence-corrected chi connectivity index (χ2v) is 8.09. The summed E-state index contributed by atoms with van der Waals surface area (Å²) in [5, 5.41) is 0.385. The van der Waals surface area contributed by atoms with Gasteiger partial charge in [0.25, 0.3) is 5.56 Å². The van der Waals surface area contributed by atoms with Crippen molar-refractivity contribution in [2.45, 2.75) is 46.3 Å². The first-order chi connectivity index (χ1) is 13.8. The van der Waals surface area contributed by atoms with Crippen LogP contribution < -0.4 is 11.3 Å². The molecule has 0 unspecified atom stereocenters. The predicted octanol–water partition coefficient (Wildman–Crippen LogP) is 3.12. The lowest BCUT2D eigenvalue weighted by Gasteiger charge is -2.14. The first-order valence-electron chi connectivity index (χ1n) is 9.32. The summed E-state index contributed by atoms with van der Waals surface area (Å²) >= 11 is 1.16. The van der Waals surface area contributed by atoms with Crippen LogP contribution in [0.2, 0.25) is 0 Å². The van der Waals surface area contributed by atoms with Crippen LogP contribution in [0.3, 0.4) is 0 Å². The summed E-state index contributed by atoms with van der Waals surface area (Å²) in [5.74, 6) is -0.437. The number of nitrogens with two attached hydrogens (primary N) is 1. The summed E-state index contributed by atoms with van der Waals surface area (Å²) in [6, 6.07) is 9.39. The van der Waals surface area contributed by atoms with Gasteiger partial charge in [-0.15, -0.1) is 11.3 Å². The molecule has 0 fully saturated rings. The summed E-state index contributed by atoms with van der Waals surface area (Å²) in [7, 11) is 0. The number of fused-ring (bicyclic) bond motifs is 1. The Kier molecular flexibility index (Phi) is 6.12. The maximum absolute atomic E-state index is 13.1. The van der Waals surface area contributed by atoms with Crippen LogP contribution in [0.15, 0.2) is 35.1 Å². The van der Waals surface area contributed by atoms with E-state index in [1.54, 1.807) is 6.92 Å². The van der Waals surface area contributed by atoms with Gasteiger partial charge in [0.1, 0.15) is 22.1 Å². The fourth-order valence-electron chi connectivity index (χ4n) is 3.09. The number of amides is 1. The molecule has 0 bridgehead atoms. The first kappa shape index (κ1) is 20.7. The lowest BCUT2D eigenvalue weighted by molar-refractivity contribution is -0.118. The zero-order valence-corrected chi connectivity index (χ0v) is 17.4. The van der Waals surface area contributed by atoms with Crippen molar-refractivity contribution in [3.63, 3.8) is 0 Å². The molecule has 0 aliphatic heterocycles. The molecule has 3 aromatic rings. The summed E-state index contributed by atoms with van der Waals surface area (Å²) in [4.78, 5) is 42.4. The number of hydrogen-bond acceptors (Lipinski definition) is 6. The number of carbonyl (C=O) groups is 2. The van der Waals surface area contributed by atoms with Crippen molar-refractivity contribution in [3.8, 4) is 0 Å². The highest BCUT2D eigenvalue weighted by Gasteiger charge is 2.23. The van der Waals surface area contributed by atoms with Crippen molar-refractivity contribution >= 4 is 33.4 Å². The molecule has 1 amide bonds. The van der Waals surface area contributed by atoms with E-state index in [4.69, 9.17) is 10.5 Å². The van der Waals surface area contributed by atoms with E-state index in [1.807, 2.05) is 44.2 Å². The minimum absolute atomic E-state index is 0.0316. The van der Waals surface area contributed by atoms with Gasteiger partial charge >= 0.3 is 5.97 Å². The fourth-order valence-corrected chi connectivity index (χ4v) is 4.17. The van der Waals surface area contributed by atoms with Crippen LogP contribution in [0.4, 0.5) is 0 Å². The molecule has 0 aliphatic rings. The quantitative estimate of drug-likeness (QED) is 0.599. The van der Waals surface area contributed by atoms with Crippen LogP contribution in [0.1, 0.15) is 52.8 Å². The van der Waals surface area contributed by atoms with Crippen LogP contribution in [0.5, 0.6) is 0 Å². The number of ether oxygens (including phenoxy) is 1. The first-order valence-corrected chi connectivity index (χ1v) is 10.1. The third kappa shape index (κ3) is 4.37. The van der Waals surface area contributed by atoms with Gasteiger partial charge in [0.15, 0.2) is 0 Å². The van der Waals surface area contributed by atoms with Gasteiger partial charge in [0.05, 0.1) is 5.39 Å². The third-order valence-corrected chi connectivity index (χ3v) is 5.74. The number of benzene rings is 1. The Labute approximate surface area is 172 Å². The van der Waals surface area contributed by atoms with E-state index in [0.29, 0.717) is 26.5 Å². The highest BCUT2D eigenvalue weighted by atomic mass is 32.1. The van der Waals surface area contributed by atoms with Gasteiger partial charge in [0, 0.05) is 18.9 Å². The molecule has 7 nitrogen and oxygen atoms in total. The number of rotatable bonds is 7. The number of nitrogens with zero attached hydrogens (tertiary/aromatic N) is 2. The Morgan fingerprint density at radius 2 is 1.93 bits per heavy atom. The number of carbonyl (C=O) groups excluding carboxylic acids is 2. The number of hydrogen-bond donors (Lipinski definition) is 1. The molecule has 2 N–H and O–H groups in total. The van der Waals surface area contributed by atoms with E-state index < -0.39 is 11.9 Å². The van der Waals surface area contributed by atoms with E-state index in [9.17, 15) is 14.4 Å². The standard InChI is InChI=1S/C21H23N3O4S/c1-12(2)18-23-19-16(20(26)24(18)10-9-15(22)25)13(3)17(29-19)21(27)28-11-14-7-5-4-6-8-14/h4-8,12H,9-11H2,1-3H3,(H2,22,25). The molecule has 29 heavy (non-hydrogen) atoms. The van der Waals surface area contributed by atoms with Gasteiger partial charge in [-0.05, 0) is 18.1 Å². The van der Waals surface area contributed by atoms with Gasteiger partial charge in [-0.25, -0.2) is 9.78 Å². The number of esters is 1. The Morgan fingerprint density at radius 1 is 1.24 bits per heavy atom. The van der Waals surface area contributed by atoms with Crippen molar-refractivity contribution in [3.05, 3.63) is 62.5 Å². The van der Waals surface area contributed by atoms with Crippen LogP contribution >= 0.6 is 11.3 Å². The van der Waals surface area contributed by atoms with Crippen molar-refractivity contribution in [2.75, 3.05) is 0 Å². The fraction of sp³-hybridized carbons (Fsp3) is 0.333. The lowest BCUT2D eigenvalue weighted by atomic mass is 10.1. The maximum atomic E-state index is 13.1. The molecule has 0 aliphatic carbocycles. The van der Waals surface area contributed by atoms with E-state index >= 15 is 0 Å². The summed E-state index contributed by atoms with van der Waals surface area (Å²) in [6.07, 6.45) is 0.0436. The normalized spacial score (nSPS) is 11.2. The number of aryl methyl sites for hydroxylation is 1. The maximum Gasteiger partial charge on any atom is 0.349 e. The minimum Gasteiger partial charge on any atom is -0.457 e. The Bertz CT molecular complexity index is 1120. The number of thiophene rings is 1. The Morgan fingerprint density at radius 3 is 2.55 bits per heavy atom. The molecule has 2 heterocycles. The lowest BCUT2D eigenvalue weighted by Crippen LogP contribution is -2.28. The van der Waals surface area contributed by atoms with E-state index in [1.165, 1.54) is 4.57 Å². The molecular formula is C21H23N3O4S. The highest BCUT2D eigenvalue weighted by molar-refractivity contribution is 7.20. The van der Waals surface area contributed by atoms with Crippen molar-refractivity contribution in [1.29, 1.82) is 0 Å². The van der Waals surface area contributed by atoms with E-state index in [0.717, 1.165) is 16.9 Å². The van der Waals surface area contributed by atoms with Gasteiger partial charge in [-0.3, -0.25) is 14.2 Å². The second kappa shape index (κ2) is 8.57. The molecule has 0 radical (unpaired) electrons. The van der Waals surface area contributed by atoms with Crippen LogP contribution in [-0.2, 0) is 22.7 Å². The number of aromatic nitrogens is 2. The van der Waals surface area contributed by atoms with E-state index in [-0.39, 0.29) is 31.0 Å². The SMILES string of the molecule is Cc1c(C(=O)OCc2ccccc2)sc2nc(C(C)C)n(CCC(N)=O)c(=O)c12. The molecule has 0 atom stereocenters. The smallest absolute Gasteiger partial charge is 0.349 e. The molecule has 3 rings (SSSR count). The Balaban J connectivity index is 1.99. The van der Waals surface area contributed by atoms with Crippen LogP contribution in [0, 0.1) is 6.92 Å². The molecular weight excluding hydrogens is 390 g/mol. The highest BCUT2D eigenvalue weighted by Crippen LogP contribution is 2.29. The molecule has 0 saturated carbocycles. The molecule has 152 valence electrons. The summed E-state index contributed by atoms with van der Waals surface area (Å²) in [5.41, 5.74) is 6.41. The average Bonchev–Trinajstić information content (AvgIpc) is 3.02. The Hall–Kier alpha value is -3.00. The van der Waals surface area contributed by atoms with E-state index in [2.05, 4.69) is 4.98 Å². The molecule has 1 aromatic carbocycles. The largest absolute Gasteiger partial charge is 0.457 e. The van der Waals surface area contributed by atoms with Crippen LogP contribution in [-0.4, -0.2) is 21.4 Å². The molecule has 0 saturated heterocycles. The third-order valence-electron chi connectivity index (χ3n) is 4.58. The molecule has 2 aromatic heterocycles. The van der Waals surface area contributed by atoms with Gasteiger partial charge < -0.3 is 10.5 Å². The zero-order valence-electron chi connectivity index (χ0n) is 16.6. The number of primary amides is 1. The minimum atomic E-state index is -0.487. The van der Waals surface area contributed by atoms with Gasteiger partial charge in [-0.2, -0.15) is 0 Å². The monoisotopic (exact) mass is 413 g/mol. The van der Waals surface area contributed by atoms with Gasteiger partial charge in [0.2, 0.25) is 5.91 Å². The zero-order chi connectivity index (χ0) is 21.1. The predicted molar refractivity (Wildman–Crippen MR) is 112 cm³/mol. The topological polar surface area (TPSA) is 104 Å². The average molecular weight is 413 g/mol. The van der Waals surface area contributed by atoms with Crippen molar-refractivity contribution in [1.82, 2.24) is 9.55 Å². The van der Waals surface area contributed by atoms with Crippen molar-refractivity contribution in [2.24, 2.45) is 5.73 Å². The molecule has 8 heteroatoms. The van der Waals surface area contributed by atoms with Gasteiger partial charge in [-0.1, -0.05) is 44.2 Å². The van der Waals surface area contributed by atoms with Crippen LogP contribution in [0.25, 0.3) is 10.2 Å². The van der Waals surface area contributed by atoms with Crippen molar-refractivity contribution < 1.29 is 14.3 Å². The summed E-state index contributed by atoms with van der Waals surface area (Å²) < 4.78 is 6.91. The molecule has 0 spiro atoms.